The number of amides is 3. The number of aryl methyl sites for hydroxylation is 1. The molecule has 1 saturated heterocycles. The minimum atomic E-state index is -1.22. The van der Waals surface area contributed by atoms with Crippen LogP contribution in [-0.2, 0) is 26.2 Å². The monoisotopic (exact) mass is 580 g/mol. The second-order valence-electron chi connectivity index (χ2n) is 9.17. The molecule has 2 N–H and O–H groups in total. The zero-order chi connectivity index (χ0) is 29.8. The molecule has 2 aromatic carbocycles. The van der Waals surface area contributed by atoms with E-state index in [1.54, 1.807) is 55.6 Å². The molecule has 2 heterocycles. The summed E-state index contributed by atoms with van der Waals surface area (Å²) in [5, 5.41) is 10.8. The van der Waals surface area contributed by atoms with Crippen molar-refractivity contribution in [1.82, 2.24) is 14.9 Å². The predicted octanol–water partition coefficient (Wildman–Crippen LogP) is 2.08. The minimum Gasteiger partial charge on any atom is -0.493 e. The van der Waals surface area contributed by atoms with Gasteiger partial charge >= 0.3 is 5.97 Å². The zero-order valence-electron chi connectivity index (χ0n) is 22.7. The number of hydrogen-bond acceptors (Lipinski definition) is 9. The molecule has 0 radical (unpaired) electrons. The number of ether oxygens (including phenoxy) is 2. The van der Waals surface area contributed by atoms with Gasteiger partial charge in [-0.25, -0.2) is 14.7 Å². The molecule has 0 saturated carbocycles. The third kappa shape index (κ3) is 6.24. The molecule has 1 aliphatic heterocycles. The zero-order valence-corrected chi connectivity index (χ0v) is 23.6. The van der Waals surface area contributed by atoms with Gasteiger partial charge in [-0.3, -0.25) is 19.2 Å². The molecule has 4 rings (SSSR count). The number of methoxy groups -OCH3 is 2. The second kappa shape index (κ2) is 12.3. The lowest BCUT2D eigenvalue weighted by atomic mass is 10.1. The van der Waals surface area contributed by atoms with E-state index in [1.165, 1.54) is 25.7 Å². The average Bonchev–Trinajstić information content (AvgIpc) is 3.23. The van der Waals surface area contributed by atoms with Crippen molar-refractivity contribution < 1.29 is 33.8 Å². The van der Waals surface area contributed by atoms with Gasteiger partial charge in [0.2, 0.25) is 17.7 Å². The van der Waals surface area contributed by atoms with Crippen LogP contribution in [-0.4, -0.2) is 69.6 Å². The van der Waals surface area contributed by atoms with Gasteiger partial charge in [0, 0.05) is 38.3 Å². The first-order chi connectivity index (χ1) is 19.5. The lowest BCUT2D eigenvalue weighted by molar-refractivity contribution is -0.140. The van der Waals surface area contributed by atoms with E-state index in [1.807, 2.05) is 0 Å². The largest absolute Gasteiger partial charge is 0.493 e. The van der Waals surface area contributed by atoms with Crippen LogP contribution < -0.4 is 25.2 Å². The summed E-state index contributed by atoms with van der Waals surface area (Å²) in [6, 6.07) is 8.83. The molecule has 41 heavy (non-hydrogen) atoms. The smallest absolute Gasteiger partial charge is 0.327 e. The normalized spacial score (nSPS) is 15.9. The molecular formula is C28H28N4O8S. The highest BCUT2D eigenvalue weighted by Gasteiger charge is 2.40. The number of thioether (sulfide) groups is 1. The lowest BCUT2D eigenvalue weighted by Crippen LogP contribution is -2.42. The Balaban J connectivity index is 1.49. The number of rotatable bonds is 10. The highest BCUT2D eigenvalue weighted by atomic mass is 32.2. The number of anilines is 1. The maximum absolute atomic E-state index is 13.0. The summed E-state index contributed by atoms with van der Waals surface area (Å²) < 4.78 is 12.1. The van der Waals surface area contributed by atoms with E-state index in [0.717, 1.165) is 16.7 Å². The second-order valence-corrected chi connectivity index (χ2v) is 10.4. The van der Waals surface area contributed by atoms with Crippen LogP contribution >= 0.6 is 11.8 Å². The molecule has 13 heteroatoms. The summed E-state index contributed by atoms with van der Waals surface area (Å²) >= 11 is 1.02. The third-order valence-corrected chi connectivity index (χ3v) is 7.73. The van der Waals surface area contributed by atoms with Crippen molar-refractivity contribution >= 4 is 64.3 Å². The Kier molecular flexibility index (Phi) is 8.77. The number of carbonyl (C=O) groups is 4. The molecule has 12 nitrogen and oxygen atoms in total. The Morgan fingerprint density at radius 1 is 1.12 bits per heavy atom. The van der Waals surface area contributed by atoms with Crippen molar-refractivity contribution in [1.29, 1.82) is 0 Å². The van der Waals surface area contributed by atoms with Crippen LogP contribution in [0.1, 0.15) is 24.6 Å². The quantitative estimate of drug-likeness (QED) is 0.340. The van der Waals surface area contributed by atoms with Crippen LogP contribution in [0.2, 0.25) is 0 Å². The van der Waals surface area contributed by atoms with E-state index in [0.29, 0.717) is 33.8 Å². The van der Waals surface area contributed by atoms with E-state index >= 15 is 0 Å². The number of hydrogen-bond donors (Lipinski definition) is 2. The van der Waals surface area contributed by atoms with Gasteiger partial charge in [-0.15, -0.1) is 11.8 Å². The van der Waals surface area contributed by atoms with Crippen LogP contribution in [0.5, 0.6) is 11.5 Å². The molecule has 1 fully saturated rings. The average molecular weight is 581 g/mol. The summed E-state index contributed by atoms with van der Waals surface area (Å²) in [6.07, 6.45) is 3.20. The van der Waals surface area contributed by atoms with Crippen molar-refractivity contribution in [3.63, 3.8) is 0 Å². The van der Waals surface area contributed by atoms with Crippen LogP contribution in [0, 0.1) is 0 Å². The maximum Gasteiger partial charge on any atom is 0.327 e. The molecule has 214 valence electrons. The van der Waals surface area contributed by atoms with Gasteiger partial charge in [0.05, 0.1) is 36.2 Å². The van der Waals surface area contributed by atoms with Gasteiger partial charge in [-0.05, 0) is 23.8 Å². The Morgan fingerprint density at radius 2 is 1.78 bits per heavy atom. The molecule has 1 aliphatic rings. The van der Waals surface area contributed by atoms with Gasteiger partial charge < -0.3 is 24.5 Å². The molecule has 2 atom stereocenters. The van der Waals surface area contributed by atoms with Crippen LogP contribution in [0.3, 0.4) is 0 Å². The van der Waals surface area contributed by atoms with Gasteiger partial charge in [-0.1, -0.05) is 18.2 Å². The Bertz CT molecular complexity index is 1620. The number of fused-ring (bicyclic) bond motifs is 1. The summed E-state index contributed by atoms with van der Waals surface area (Å²) in [5.74, 6) is -1.67. The predicted molar refractivity (Wildman–Crippen MR) is 154 cm³/mol. The number of nitrogens with zero attached hydrogens (tertiary/aromatic N) is 3. The number of imide groups is 1. The summed E-state index contributed by atoms with van der Waals surface area (Å²) in [5.41, 5.74) is 2.11. The first-order valence-corrected chi connectivity index (χ1v) is 13.5. The summed E-state index contributed by atoms with van der Waals surface area (Å²) in [7, 11) is 4.67. The van der Waals surface area contributed by atoms with E-state index in [-0.39, 0.29) is 23.4 Å². The number of nitrogens with one attached hydrogen (secondary N) is 1. The SMILES string of the molecule is COc1cc2nc(/C=C/c3ccc(N4C(=O)CC(SC[C@H](NC(C)=O)C(=O)O)C4=O)cc3)c(=O)n(C)c2cc1OC. The van der Waals surface area contributed by atoms with Crippen LogP contribution in [0.25, 0.3) is 23.2 Å². The van der Waals surface area contributed by atoms with Crippen molar-refractivity contribution in [2.24, 2.45) is 7.05 Å². The summed E-state index contributed by atoms with van der Waals surface area (Å²) in [4.78, 5) is 66.7. The number of aliphatic carboxylic acids is 1. The fraction of sp³-hybridized carbons (Fsp3) is 0.286. The van der Waals surface area contributed by atoms with E-state index in [4.69, 9.17) is 9.47 Å². The summed E-state index contributed by atoms with van der Waals surface area (Å²) in [6.45, 7) is 1.21. The van der Waals surface area contributed by atoms with Crippen molar-refractivity contribution in [3.05, 3.63) is 58.0 Å². The van der Waals surface area contributed by atoms with E-state index in [9.17, 15) is 29.1 Å². The number of benzene rings is 2. The third-order valence-electron chi connectivity index (χ3n) is 6.44. The van der Waals surface area contributed by atoms with Gasteiger partial charge in [0.1, 0.15) is 11.7 Å². The van der Waals surface area contributed by atoms with Crippen molar-refractivity contribution in [2.45, 2.75) is 24.6 Å². The topological polar surface area (TPSA) is 157 Å². The Hall–Kier alpha value is -4.65. The number of carboxylic acid groups (broad SMARTS) is 1. The number of aromatic nitrogens is 2. The fourth-order valence-corrected chi connectivity index (χ4v) is 5.49. The first-order valence-electron chi connectivity index (χ1n) is 12.4. The highest BCUT2D eigenvalue weighted by Crippen LogP contribution is 2.32. The Morgan fingerprint density at radius 3 is 2.39 bits per heavy atom. The molecule has 0 bridgehead atoms. The van der Waals surface area contributed by atoms with Crippen LogP contribution in [0.15, 0.2) is 41.2 Å². The van der Waals surface area contributed by atoms with Crippen molar-refractivity contribution in [2.75, 3.05) is 24.9 Å². The molecule has 0 spiro atoms. The van der Waals surface area contributed by atoms with E-state index in [2.05, 4.69) is 10.3 Å². The number of carboxylic acids is 1. The number of carbonyl (C=O) groups excluding carboxylic acids is 3. The standard InChI is InChI=1S/C28H28N4O8S/c1-15(33)29-20(28(37)38)14-41-24-13-25(34)32(27(24)36)17-8-5-16(6-9-17)7-10-18-26(35)31(2)21-12-23(40-4)22(39-3)11-19(21)30-18/h5-12,20,24H,13-14H2,1-4H3,(H,29,33)(H,37,38)/b10-7+/t20-,24?/m0/s1. The van der Waals surface area contributed by atoms with Crippen molar-refractivity contribution in [3.8, 4) is 11.5 Å². The maximum atomic E-state index is 13.0. The van der Waals surface area contributed by atoms with Gasteiger partial charge in [-0.2, -0.15) is 0 Å². The molecule has 3 aromatic rings. The highest BCUT2D eigenvalue weighted by molar-refractivity contribution is 8.00. The van der Waals surface area contributed by atoms with E-state index < -0.39 is 35.0 Å². The fourth-order valence-electron chi connectivity index (χ4n) is 4.33. The first kappa shape index (κ1) is 29.3. The molecule has 1 aromatic heterocycles. The lowest BCUT2D eigenvalue weighted by Gasteiger charge is -2.17. The van der Waals surface area contributed by atoms with Crippen LogP contribution in [0.4, 0.5) is 5.69 Å². The van der Waals surface area contributed by atoms with Gasteiger partial charge in [0.25, 0.3) is 5.56 Å². The molecule has 3 amide bonds. The minimum absolute atomic E-state index is 0.0568. The van der Waals surface area contributed by atoms with Gasteiger partial charge in [0.15, 0.2) is 11.5 Å². The Labute approximate surface area is 238 Å². The molecule has 1 unspecified atom stereocenters. The molecular weight excluding hydrogens is 552 g/mol. The molecule has 0 aliphatic carbocycles.